The van der Waals surface area contributed by atoms with Crippen molar-refractivity contribution in [2.45, 2.75) is 12.5 Å². The van der Waals surface area contributed by atoms with Gasteiger partial charge in [-0.2, -0.15) is 0 Å². The van der Waals surface area contributed by atoms with Crippen LogP contribution in [0.4, 0.5) is 21.7 Å². The molecule has 6 nitrogen and oxygen atoms in total. The fourth-order valence-corrected chi connectivity index (χ4v) is 4.55. The molecule has 1 saturated heterocycles. The van der Waals surface area contributed by atoms with Crippen LogP contribution in [0.25, 0.3) is 0 Å². The van der Waals surface area contributed by atoms with E-state index >= 15 is 0 Å². The monoisotopic (exact) mass is 370 g/mol. The minimum Gasteiger partial charge on any atom is -0.355 e. The lowest BCUT2D eigenvalue weighted by molar-refractivity contribution is 0.600. The maximum absolute atomic E-state index is 13.2. The van der Waals surface area contributed by atoms with Crippen molar-refractivity contribution in [1.82, 2.24) is 9.97 Å². The van der Waals surface area contributed by atoms with Crippen LogP contribution in [0.1, 0.15) is 6.42 Å². The van der Waals surface area contributed by atoms with Crippen molar-refractivity contribution in [3.63, 3.8) is 0 Å². The summed E-state index contributed by atoms with van der Waals surface area (Å²) in [7, 11) is -1.15. The first-order valence-corrected chi connectivity index (χ1v) is 9.51. The third kappa shape index (κ3) is 3.76. The van der Waals surface area contributed by atoms with E-state index in [9.17, 15) is 12.8 Å². The molecule has 0 amide bonds. The summed E-state index contributed by atoms with van der Waals surface area (Å²) in [5.74, 6) is 0.960. The van der Waals surface area contributed by atoms with Crippen molar-refractivity contribution >= 4 is 38.8 Å². The van der Waals surface area contributed by atoms with Crippen molar-refractivity contribution in [3.05, 3.63) is 41.4 Å². The van der Waals surface area contributed by atoms with Crippen LogP contribution in [0.15, 0.2) is 30.6 Å². The van der Waals surface area contributed by atoms with Gasteiger partial charge in [0.1, 0.15) is 23.8 Å². The zero-order chi connectivity index (χ0) is 17.3. The third-order valence-electron chi connectivity index (χ3n) is 3.96. The molecule has 24 heavy (non-hydrogen) atoms. The predicted octanol–water partition coefficient (Wildman–Crippen LogP) is 2.64. The molecular formula is C15H16ClFN4O2S. The molecule has 1 unspecified atom stereocenters. The highest BCUT2D eigenvalue weighted by atomic mass is 35.5. The van der Waals surface area contributed by atoms with Gasteiger partial charge in [0.2, 0.25) is 0 Å². The SMILES string of the molecule is CN(c1cc(Nc2ccc(F)c(Cl)c2)ncn1)C1CCS(=O)(=O)C1. The molecule has 0 spiro atoms. The van der Waals surface area contributed by atoms with Gasteiger partial charge in [0, 0.05) is 24.8 Å². The van der Waals surface area contributed by atoms with Crippen molar-refractivity contribution in [2.24, 2.45) is 0 Å². The number of aromatic nitrogens is 2. The summed E-state index contributed by atoms with van der Waals surface area (Å²) in [5.41, 5.74) is 0.595. The Balaban J connectivity index is 1.77. The molecule has 128 valence electrons. The molecule has 0 radical (unpaired) electrons. The lowest BCUT2D eigenvalue weighted by Gasteiger charge is -2.24. The first kappa shape index (κ1) is 16.9. The molecule has 1 fully saturated rings. The van der Waals surface area contributed by atoms with Gasteiger partial charge in [-0.3, -0.25) is 0 Å². The van der Waals surface area contributed by atoms with Gasteiger partial charge in [0.05, 0.1) is 16.5 Å². The zero-order valence-electron chi connectivity index (χ0n) is 12.9. The molecule has 1 aromatic carbocycles. The van der Waals surface area contributed by atoms with Crippen LogP contribution in [0.5, 0.6) is 0 Å². The van der Waals surface area contributed by atoms with E-state index in [2.05, 4.69) is 15.3 Å². The van der Waals surface area contributed by atoms with Crippen LogP contribution < -0.4 is 10.2 Å². The van der Waals surface area contributed by atoms with Crippen molar-refractivity contribution in [2.75, 3.05) is 28.8 Å². The van der Waals surface area contributed by atoms with Crippen LogP contribution in [0, 0.1) is 5.82 Å². The number of sulfone groups is 1. The summed E-state index contributed by atoms with van der Waals surface area (Å²) in [6.07, 6.45) is 1.97. The summed E-state index contributed by atoms with van der Waals surface area (Å²) >= 11 is 5.76. The van der Waals surface area contributed by atoms with Gasteiger partial charge in [0.25, 0.3) is 0 Å². The number of nitrogens with zero attached hydrogens (tertiary/aromatic N) is 3. The highest BCUT2D eigenvalue weighted by molar-refractivity contribution is 7.91. The average Bonchev–Trinajstić information content (AvgIpc) is 2.90. The van der Waals surface area contributed by atoms with E-state index in [1.54, 1.807) is 12.1 Å². The smallest absolute Gasteiger partial charge is 0.152 e. The summed E-state index contributed by atoms with van der Waals surface area (Å²) in [6.45, 7) is 0. The fraction of sp³-hybridized carbons (Fsp3) is 0.333. The molecule has 1 N–H and O–H groups in total. The van der Waals surface area contributed by atoms with Crippen molar-refractivity contribution < 1.29 is 12.8 Å². The summed E-state index contributed by atoms with van der Waals surface area (Å²) in [4.78, 5) is 10.2. The van der Waals surface area contributed by atoms with E-state index in [-0.39, 0.29) is 22.6 Å². The molecule has 1 aliphatic rings. The van der Waals surface area contributed by atoms with Gasteiger partial charge in [0.15, 0.2) is 9.84 Å². The Hall–Kier alpha value is -1.93. The highest BCUT2D eigenvalue weighted by Crippen LogP contribution is 2.25. The quantitative estimate of drug-likeness (QED) is 0.891. The molecule has 2 heterocycles. The fourth-order valence-electron chi connectivity index (χ4n) is 2.60. The highest BCUT2D eigenvalue weighted by Gasteiger charge is 2.31. The van der Waals surface area contributed by atoms with Gasteiger partial charge in [-0.25, -0.2) is 22.8 Å². The number of anilines is 3. The van der Waals surface area contributed by atoms with Gasteiger partial charge >= 0.3 is 0 Å². The van der Waals surface area contributed by atoms with E-state index in [1.165, 1.54) is 18.5 Å². The second kappa shape index (κ2) is 6.52. The number of halogens is 2. The van der Waals surface area contributed by atoms with Gasteiger partial charge in [-0.05, 0) is 24.6 Å². The van der Waals surface area contributed by atoms with Crippen LogP contribution in [-0.4, -0.2) is 43.0 Å². The van der Waals surface area contributed by atoms with E-state index in [1.807, 2.05) is 11.9 Å². The molecule has 2 aromatic rings. The first-order chi connectivity index (χ1) is 11.3. The molecule has 0 aliphatic carbocycles. The first-order valence-electron chi connectivity index (χ1n) is 7.31. The molecule has 1 atom stereocenters. The predicted molar refractivity (Wildman–Crippen MR) is 92.2 cm³/mol. The third-order valence-corrected chi connectivity index (χ3v) is 6.00. The lowest BCUT2D eigenvalue weighted by atomic mass is 10.2. The minimum absolute atomic E-state index is 0.0163. The molecule has 3 rings (SSSR count). The molecule has 1 aliphatic heterocycles. The second-order valence-electron chi connectivity index (χ2n) is 5.68. The molecule has 0 saturated carbocycles. The largest absolute Gasteiger partial charge is 0.355 e. The Morgan fingerprint density at radius 2 is 2.12 bits per heavy atom. The molecule has 9 heteroatoms. The summed E-state index contributed by atoms with van der Waals surface area (Å²) < 4.78 is 36.5. The van der Waals surface area contributed by atoms with Crippen LogP contribution >= 0.6 is 11.6 Å². The van der Waals surface area contributed by atoms with Gasteiger partial charge in [-0.1, -0.05) is 11.6 Å². The number of rotatable bonds is 4. The van der Waals surface area contributed by atoms with E-state index in [0.717, 1.165) is 0 Å². The Morgan fingerprint density at radius 3 is 2.79 bits per heavy atom. The van der Waals surface area contributed by atoms with E-state index in [0.29, 0.717) is 23.7 Å². The summed E-state index contributed by atoms with van der Waals surface area (Å²) in [6, 6.07) is 5.89. The maximum atomic E-state index is 13.2. The number of benzene rings is 1. The minimum atomic E-state index is -2.97. The van der Waals surface area contributed by atoms with E-state index in [4.69, 9.17) is 11.6 Å². The average molecular weight is 371 g/mol. The van der Waals surface area contributed by atoms with Gasteiger partial charge in [-0.15, -0.1) is 0 Å². The normalized spacial score (nSPS) is 19.2. The molecule has 1 aromatic heterocycles. The zero-order valence-corrected chi connectivity index (χ0v) is 14.5. The topological polar surface area (TPSA) is 75.2 Å². The van der Waals surface area contributed by atoms with Gasteiger partial charge < -0.3 is 10.2 Å². The standard InChI is InChI=1S/C15H16ClFN4O2S/c1-21(11-4-5-24(22,23)8-11)15-7-14(18-9-19-15)20-10-2-3-13(17)12(16)6-10/h2-3,6-7,9,11H,4-5,8H2,1H3,(H,18,19,20). The second-order valence-corrected chi connectivity index (χ2v) is 8.32. The van der Waals surface area contributed by atoms with Crippen LogP contribution in [0.3, 0.4) is 0 Å². The summed E-state index contributed by atoms with van der Waals surface area (Å²) in [5, 5.41) is 3.04. The Labute approximate surface area is 144 Å². The lowest BCUT2D eigenvalue weighted by Crippen LogP contribution is -2.33. The van der Waals surface area contributed by atoms with Crippen LogP contribution in [0.2, 0.25) is 5.02 Å². The number of nitrogens with one attached hydrogen (secondary N) is 1. The van der Waals surface area contributed by atoms with Crippen molar-refractivity contribution in [3.8, 4) is 0 Å². The Kier molecular flexibility index (Phi) is 4.60. The Bertz CT molecular complexity index is 862. The number of hydrogen-bond donors (Lipinski definition) is 1. The van der Waals surface area contributed by atoms with E-state index < -0.39 is 15.7 Å². The molecular weight excluding hydrogens is 355 g/mol. The molecule has 0 bridgehead atoms. The Morgan fingerprint density at radius 1 is 1.33 bits per heavy atom. The number of hydrogen-bond acceptors (Lipinski definition) is 6. The maximum Gasteiger partial charge on any atom is 0.152 e. The van der Waals surface area contributed by atoms with Crippen molar-refractivity contribution in [1.29, 1.82) is 0 Å². The van der Waals surface area contributed by atoms with Crippen LogP contribution in [-0.2, 0) is 9.84 Å².